The first-order chi connectivity index (χ1) is 16.5. The van der Waals surface area contributed by atoms with Crippen LogP contribution in [0.3, 0.4) is 0 Å². The van der Waals surface area contributed by atoms with E-state index in [1.807, 2.05) is 0 Å². The lowest BCUT2D eigenvalue weighted by Crippen LogP contribution is -2.63. The summed E-state index contributed by atoms with van der Waals surface area (Å²) in [6.45, 7) is 0.444. The summed E-state index contributed by atoms with van der Waals surface area (Å²) in [6, 6.07) is 8.59. The molecule has 0 unspecified atom stereocenters. The van der Waals surface area contributed by atoms with Crippen molar-refractivity contribution < 1.29 is 27.9 Å². The number of hydrogen-bond donors (Lipinski definition) is 4. The average Bonchev–Trinajstić information content (AvgIpc) is 2.79. The molecule has 1 fully saturated rings. The third-order valence-electron chi connectivity index (χ3n) is 6.40. The molecule has 2 heterocycles. The van der Waals surface area contributed by atoms with Gasteiger partial charge >= 0.3 is 0 Å². The summed E-state index contributed by atoms with van der Waals surface area (Å²) in [4.78, 5) is 27.3. The number of methoxy groups -OCH3 is 1. The van der Waals surface area contributed by atoms with Crippen LogP contribution in [0.4, 0.5) is 0 Å². The van der Waals surface area contributed by atoms with Crippen molar-refractivity contribution in [1.29, 1.82) is 5.41 Å². The molecule has 35 heavy (non-hydrogen) atoms. The van der Waals surface area contributed by atoms with Crippen LogP contribution in [-0.4, -0.2) is 61.5 Å². The highest BCUT2D eigenvalue weighted by atomic mass is 35.5. The molecule has 2 atom stereocenters. The van der Waals surface area contributed by atoms with Crippen molar-refractivity contribution in [1.82, 2.24) is 10.2 Å². The molecule has 2 aromatic rings. The van der Waals surface area contributed by atoms with Crippen molar-refractivity contribution in [3.8, 4) is 5.75 Å². The van der Waals surface area contributed by atoms with Gasteiger partial charge in [0.2, 0.25) is 5.91 Å². The Hall–Kier alpha value is -3.15. The van der Waals surface area contributed by atoms with Gasteiger partial charge in [-0.05, 0) is 18.1 Å². The third-order valence-corrected chi connectivity index (χ3v) is 8.40. The number of likely N-dealkylation sites (tertiary alicyclic amines) is 1. The molecule has 1 saturated heterocycles. The lowest BCUT2D eigenvalue weighted by atomic mass is 9.86. The largest absolute Gasteiger partial charge is 0.495 e. The summed E-state index contributed by atoms with van der Waals surface area (Å²) in [5.74, 6) is -1.71. The molecular formula is C23H25ClN4O6S. The van der Waals surface area contributed by atoms with Crippen LogP contribution in [0.25, 0.3) is 0 Å². The number of carbonyl (C=O) groups is 2. The average molecular weight is 521 g/mol. The standard InChI is InChI=1S/C23H25ClN4O6S/c1-34-18-11-15(24)10-16-19(18)35(32,33)9-7-23(16,31)22(30)28-8-6-17(28)21(29)27-12-13-2-4-14(5-3-13)20(25)26/h2-5,10-11,17,31H,6-9,12H2,1H3,(H3,25,26)(H,27,29)/t17-,23+/m0/s1. The van der Waals surface area contributed by atoms with Crippen molar-refractivity contribution >= 4 is 39.1 Å². The summed E-state index contributed by atoms with van der Waals surface area (Å²) in [5, 5.41) is 21.8. The van der Waals surface area contributed by atoms with Crippen LogP contribution in [0.1, 0.15) is 29.5 Å². The molecule has 2 amide bonds. The number of nitrogens with zero attached hydrogens (tertiary/aromatic N) is 1. The SMILES string of the molecule is COc1cc(Cl)cc2c1S(=O)(=O)CC[C@]2(O)C(=O)N1CC[C@H]1C(=O)NCc1ccc(C(=N)N)cc1. The van der Waals surface area contributed by atoms with E-state index in [1.54, 1.807) is 24.3 Å². The van der Waals surface area contributed by atoms with Gasteiger partial charge in [0.15, 0.2) is 15.4 Å². The lowest BCUT2D eigenvalue weighted by molar-refractivity contribution is -0.165. The van der Waals surface area contributed by atoms with Gasteiger partial charge in [-0.2, -0.15) is 0 Å². The second-order valence-electron chi connectivity index (χ2n) is 8.55. The number of nitrogens with one attached hydrogen (secondary N) is 2. The fourth-order valence-corrected chi connectivity index (χ4v) is 6.33. The van der Waals surface area contributed by atoms with Crippen LogP contribution in [0.2, 0.25) is 5.02 Å². The number of fused-ring (bicyclic) bond motifs is 1. The predicted molar refractivity (Wildman–Crippen MR) is 128 cm³/mol. The Morgan fingerprint density at radius 1 is 1.31 bits per heavy atom. The summed E-state index contributed by atoms with van der Waals surface area (Å²) in [6.07, 6.45) is 0.0406. The van der Waals surface area contributed by atoms with E-state index < -0.39 is 39.0 Å². The summed E-state index contributed by atoms with van der Waals surface area (Å²) < 4.78 is 30.6. The fourth-order valence-electron chi connectivity index (χ4n) is 4.34. The van der Waals surface area contributed by atoms with E-state index in [2.05, 4.69) is 5.32 Å². The number of hydrogen-bond acceptors (Lipinski definition) is 7. The highest BCUT2D eigenvalue weighted by Gasteiger charge is 2.53. The van der Waals surface area contributed by atoms with E-state index in [1.165, 1.54) is 24.1 Å². The van der Waals surface area contributed by atoms with E-state index in [-0.39, 0.29) is 46.6 Å². The van der Waals surface area contributed by atoms with Gasteiger partial charge < -0.3 is 25.8 Å². The minimum atomic E-state index is -3.81. The van der Waals surface area contributed by atoms with E-state index in [4.69, 9.17) is 27.5 Å². The Morgan fingerprint density at radius 3 is 2.57 bits per heavy atom. The van der Waals surface area contributed by atoms with Gasteiger partial charge in [-0.15, -0.1) is 0 Å². The smallest absolute Gasteiger partial charge is 0.259 e. The van der Waals surface area contributed by atoms with Gasteiger partial charge in [0.1, 0.15) is 22.5 Å². The number of amidine groups is 1. The number of nitrogen functional groups attached to an aromatic ring is 1. The van der Waals surface area contributed by atoms with Crippen LogP contribution in [0.5, 0.6) is 5.75 Å². The molecule has 0 bridgehead atoms. The first-order valence-electron chi connectivity index (χ1n) is 10.8. The zero-order valence-corrected chi connectivity index (χ0v) is 20.4. The number of amides is 2. The molecule has 0 aromatic heterocycles. The van der Waals surface area contributed by atoms with Crippen LogP contribution in [0, 0.1) is 5.41 Å². The monoisotopic (exact) mass is 520 g/mol. The topological polar surface area (TPSA) is 163 Å². The zero-order chi connectivity index (χ0) is 25.5. The highest BCUT2D eigenvalue weighted by Crippen LogP contribution is 2.45. The zero-order valence-electron chi connectivity index (χ0n) is 18.9. The molecule has 5 N–H and O–H groups in total. The molecule has 2 aliphatic heterocycles. The molecule has 2 aliphatic rings. The van der Waals surface area contributed by atoms with Crippen molar-refractivity contribution in [2.24, 2.45) is 5.73 Å². The van der Waals surface area contributed by atoms with Crippen LogP contribution in [-0.2, 0) is 31.6 Å². The summed E-state index contributed by atoms with van der Waals surface area (Å²) in [7, 11) is -2.53. The Kier molecular flexibility index (Phi) is 6.52. The molecule has 4 rings (SSSR count). The maximum Gasteiger partial charge on any atom is 0.259 e. The van der Waals surface area contributed by atoms with Crippen LogP contribution >= 0.6 is 11.6 Å². The molecule has 2 aromatic carbocycles. The van der Waals surface area contributed by atoms with Crippen molar-refractivity contribution in [2.45, 2.75) is 35.9 Å². The van der Waals surface area contributed by atoms with E-state index in [9.17, 15) is 23.1 Å². The number of nitrogens with two attached hydrogens (primary N) is 1. The summed E-state index contributed by atoms with van der Waals surface area (Å²) in [5.41, 5.74) is 4.48. The minimum absolute atomic E-state index is 0.0490. The number of rotatable bonds is 6. The summed E-state index contributed by atoms with van der Waals surface area (Å²) >= 11 is 6.13. The molecule has 0 spiro atoms. The quantitative estimate of drug-likeness (QED) is 0.325. The van der Waals surface area contributed by atoms with Gasteiger partial charge in [-0.3, -0.25) is 15.0 Å². The Bertz CT molecular complexity index is 1310. The minimum Gasteiger partial charge on any atom is -0.495 e. The lowest BCUT2D eigenvalue weighted by Gasteiger charge is -2.45. The molecule has 0 saturated carbocycles. The normalized spacial score (nSPS) is 22.5. The Balaban J connectivity index is 1.53. The highest BCUT2D eigenvalue weighted by molar-refractivity contribution is 7.91. The molecule has 0 aliphatic carbocycles. The van der Waals surface area contributed by atoms with Gasteiger partial charge in [0.25, 0.3) is 5.91 Å². The number of carbonyl (C=O) groups excluding carboxylic acids is 2. The Labute approximate surface area is 207 Å². The van der Waals surface area contributed by atoms with Crippen LogP contribution in [0.15, 0.2) is 41.3 Å². The molecule has 12 heteroatoms. The van der Waals surface area contributed by atoms with E-state index >= 15 is 0 Å². The van der Waals surface area contributed by atoms with Crippen LogP contribution < -0.4 is 15.8 Å². The fraction of sp³-hybridized carbons (Fsp3) is 0.348. The maximum absolute atomic E-state index is 13.5. The van der Waals surface area contributed by atoms with Gasteiger partial charge in [-0.25, -0.2) is 8.42 Å². The first kappa shape index (κ1) is 25.0. The number of benzene rings is 2. The second kappa shape index (κ2) is 9.14. The maximum atomic E-state index is 13.5. The van der Waals surface area contributed by atoms with Crippen molar-refractivity contribution in [3.63, 3.8) is 0 Å². The number of aliphatic hydroxyl groups is 1. The Morgan fingerprint density at radius 2 is 2.00 bits per heavy atom. The number of halogens is 1. The predicted octanol–water partition coefficient (Wildman–Crippen LogP) is 0.915. The van der Waals surface area contributed by atoms with E-state index in [0.29, 0.717) is 12.0 Å². The van der Waals surface area contributed by atoms with Gasteiger partial charge in [0, 0.05) is 41.7 Å². The molecule has 186 valence electrons. The first-order valence-corrected chi connectivity index (χ1v) is 12.9. The number of sulfone groups is 1. The van der Waals surface area contributed by atoms with Crippen molar-refractivity contribution in [3.05, 3.63) is 58.1 Å². The second-order valence-corrected chi connectivity index (χ2v) is 11.0. The molecule has 0 radical (unpaired) electrons. The molecule has 10 nitrogen and oxygen atoms in total. The van der Waals surface area contributed by atoms with Gasteiger partial charge in [0.05, 0.1) is 12.9 Å². The van der Waals surface area contributed by atoms with Crippen molar-refractivity contribution in [2.75, 3.05) is 19.4 Å². The van der Waals surface area contributed by atoms with Gasteiger partial charge in [-0.1, -0.05) is 35.9 Å². The number of ether oxygens (including phenoxy) is 1. The van der Waals surface area contributed by atoms with E-state index in [0.717, 1.165) is 5.56 Å². The molecular weight excluding hydrogens is 496 g/mol. The third kappa shape index (κ3) is 4.46.